The van der Waals surface area contributed by atoms with E-state index < -0.39 is 258 Å². The molecule has 46 heteroatoms. The summed E-state index contributed by atoms with van der Waals surface area (Å²) in [6.07, 6.45) is -1.69. The van der Waals surface area contributed by atoms with E-state index in [1.54, 1.807) is 44.2 Å². The monoisotopic (exact) mass is 1780 g/mol. The highest BCUT2D eigenvalue weighted by Gasteiger charge is 2.54. The van der Waals surface area contributed by atoms with E-state index in [4.69, 9.17) is 18.5 Å². The number of benzene rings is 3. The minimum atomic E-state index is -5.21. The van der Waals surface area contributed by atoms with Crippen LogP contribution < -0.4 is 42.5 Å². The summed E-state index contributed by atoms with van der Waals surface area (Å²) in [5, 5.41) is 20.1. The molecule has 0 unspecified atom stereocenters. The SMILES string of the molecule is C[C@@H]1C[C@H]2C(=O)O[C@@H](C)[C@H](NC(=O)[C@H](Cc3cc(F)cc(F)c3)NC(=O)Nc3ccccc3)C(=O)N3C[C@H](OP(=O)(O)O)C[C@H]3C(=O)N3CCCC[C@H]3C(=O)N[C@@H](C)C(=O)N2C1.C[C@@H]1C[C@H]2C(=O)O[C@@H](C)[C@H](NC(=O)[C@H](Cc3cc(F)cc(F)c3)NC(=O)Nc3cncnc3)C(=O)N3C[C@H](OP(=O)(O)O)C[C@H]3C(=O)N3CCCC[C@H]3C(=O)N[C@@H](C)C(=O)N2C1. The maximum Gasteiger partial charge on any atom is 0.469 e. The second-order valence-electron chi connectivity index (χ2n) is 32.2. The van der Waals surface area contributed by atoms with Crippen LogP contribution in [0.1, 0.15) is 117 Å². The molecule has 0 aliphatic carbocycles. The molecule has 14 amide bonds. The summed E-state index contributed by atoms with van der Waals surface area (Å²) in [5.41, 5.74) is 0.264. The smallest absolute Gasteiger partial charge is 0.458 e. The Hall–Kier alpha value is -11.1. The van der Waals surface area contributed by atoms with E-state index in [-0.39, 0.29) is 80.5 Å². The first-order valence-corrected chi connectivity index (χ1v) is 43.4. The van der Waals surface area contributed by atoms with Crippen LogP contribution in [0.4, 0.5) is 38.5 Å². The molecule has 0 bridgehead atoms. The van der Waals surface area contributed by atoms with E-state index in [1.807, 2.05) is 0 Å². The first kappa shape index (κ1) is 93.6. The summed E-state index contributed by atoms with van der Waals surface area (Å²) in [6.45, 7) is 8.13. The summed E-state index contributed by atoms with van der Waals surface area (Å²) < 4.78 is 103. The number of rotatable bonds is 16. The Morgan fingerprint density at radius 3 is 1.23 bits per heavy atom. The summed E-state index contributed by atoms with van der Waals surface area (Å²) in [7, 11) is -10.4. The summed E-state index contributed by atoms with van der Waals surface area (Å²) in [6, 6.07) is -6.00. The van der Waals surface area contributed by atoms with Crippen molar-refractivity contribution in [1.82, 2.24) is 71.3 Å². The molecule has 1 aromatic heterocycles. The van der Waals surface area contributed by atoms with Gasteiger partial charge in [-0.05, 0) is 138 Å². The lowest BCUT2D eigenvalue weighted by Crippen LogP contribution is -2.63. The zero-order chi connectivity index (χ0) is 90.1. The van der Waals surface area contributed by atoms with Crippen LogP contribution in [0.3, 0.4) is 0 Å². The number of esters is 2. The van der Waals surface area contributed by atoms with Crippen LogP contribution in [-0.4, -0.2) is 278 Å². The van der Waals surface area contributed by atoms with Gasteiger partial charge in [-0.25, -0.2) is 55.8 Å². The van der Waals surface area contributed by atoms with E-state index >= 15 is 0 Å². The highest BCUT2D eigenvalue weighted by atomic mass is 31.2. The number of hydrogen-bond acceptors (Lipinski definition) is 22. The normalized spacial score (nSPS) is 28.0. The molecule has 8 saturated heterocycles. The van der Waals surface area contributed by atoms with Gasteiger partial charge in [0, 0.05) is 82.8 Å². The number of carbonyl (C=O) groups excluding carboxylic acids is 14. The van der Waals surface area contributed by atoms with Crippen molar-refractivity contribution in [1.29, 1.82) is 0 Å². The van der Waals surface area contributed by atoms with Crippen molar-refractivity contribution in [3.05, 3.63) is 120 Å². The molecule has 12 rings (SSSR count). The van der Waals surface area contributed by atoms with Crippen LogP contribution in [0.2, 0.25) is 0 Å². The van der Waals surface area contributed by atoms with Gasteiger partial charge >= 0.3 is 39.6 Å². The van der Waals surface area contributed by atoms with Crippen molar-refractivity contribution in [2.45, 2.75) is 216 Å². The fourth-order valence-electron chi connectivity index (χ4n) is 16.8. The number of aromatic nitrogens is 2. The second kappa shape index (κ2) is 40.2. The van der Waals surface area contributed by atoms with Crippen LogP contribution in [0.25, 0.3) is 0 Å². The molecule has 40 nitrogen and oxygen atoms in total. The van der Waals surface area contributed by atoms with E-state index in [1.165, 1.54) is 66.0 Å². The highest BCUT2D eigenvalue weighted by Crippen LogP contribution is 2.43. The van der Waals surface area contributed by atoms with Gasteiger partial charge in [-0.15, -0.1) is 0 Å². The number of phosphoric acid groups is 2. The van der Waals surface area contributed by atoms with Crippen molar-refractivity contribution < 1.29 is 132 Å². The van der Waals surface area contributed by atoms with Gasteiger partial charge in [0.05, 0.1) is 30.3 Å². The van der Waals surface area contributed by atoms with Crippen molar-refractivity contribution >= 4 is 110 Å². The third kappa shape index (κ3) is 23.8. The number of cyclic esters (lactones) is 2. The van der Waals surface area contributed by atoms with Crippen LogP contribution in [-0.2, 0) is 98.0 Å². The van der Waals surface area contributed by atoms with Crippen LogP contribution in [0.5, 0.6) is 0 Å². The van der Waals surface area contributed by atoms with Gasteiger partial charge in [-0.1, -0.05) is 32.0 Å². The Balaban J connectivity index is 0.000000241. The lowest BCUT2D eigenvalue weighted by molar-refractivity contribution is -0.163. The molecule has 8 aliphatic rings. The Labute approximate surface area is 707 Å². The van der Waals surface area contributed by atoms with Crippen LogP contribution >= 0.6 is 15.6 Å². The number of nitrogens with one attached hydrogen (secondary N) is 8. The first-order valence-electron chi connectivity index (χ1n) is 40.3. The topological polar surface area (TPSA) is 532 Å². The summed E-state index contributed by atoms with van der Waals surface area (Å²) >= 11 is 0. The van der Waals surface area contributed by atoms with Gasteiger partial charge in [-0.3, -0.25) is 57.0 Å². The third-order valence-corrected chi connectivity index (χ3v) is 23.6. The number of nitrogens with zero attached hydrogens (tertiary/aromatic N) is 8. The van der Waals surface area contributed by atoms with E-state index in [9.17, 15) is 113 Å². The highest BCUT2D eigenvalue weighted by molar-refractivity contribution is 7.46. The number of fused-ring (bicyclic) bond motifs is 6. The Kier molecular flexibility index (Phi) is 30.4. The number of phosphoric ester groups is 2. The van der Waals surface area contributed by atoms with Gasteiger partial charge in [0.15, 0.2) is 0 Å². The van der Waals surface area contributed by atoms with E-state index in [2.05, 4.69) is 52.5 Å². The minimum Gasteiger partial charge on any atom is -0.458 e. The van der Waals surface area contributed by atoms with E-state index in [0.29, 0.717) is 43.5 Å². The maximum atomic E-state index is 14.9. The molecule has 9 heterocycles. The molecule has 8 aliphatic heterocycles. The molecular weight excluding hydrogens is 1680 g/mol. The fourth-order valence-corrected chi connectivity index (χ4v) is 17.9. The molecule has 4 aromatic rings. The first-order chi connectivity index (χ1) is 58.5. The van der Waals surface area contributed by atoms with Crippen LogP contribution in [0, 0.1) is 35.1 Å². The summed E-state index contributed by atoms with van der Waals surface area (Å²) in [5.74, 6) is -14.8. The molecule has 3 aromatic carbocycles. The predicted octanol–water partition coefficient (Wildman–Crippen LogP) is 1.45. The average Bonchev–Trinajstić information content (AvgIpc) is 1.61. The zero-order valence-corrected chi connectivity index (χ0v) is 69.9. The van der Waals surface area contributed by atoms with Gasteiger partial charge in [0.2, 0.25) is 59.1 Å². The molecule has 8 fully saturated rings. The number of anilines is 2. The van der Waals surface area contributed by atoms with Gasteiger partial charge in [0.25, 0.3) is 0 Å². The lowest BCUT2D eigenvalue weighted by Gasteiger charge is -2.39. The minimum absolute atomic E-state index is 0.0485. The largest absolute Gasteiger partial charge is 0.469 e. The average molecular weight is 1780 g/mol. The molecule has 672 valence electrons. The Morgan fingerprint density at radius 2 is 0.847 bits per heavy atom. The number of carbonyl (C=O) groups is 14. The number of halogens is 4. The number of hydrogen-bond donors (Lipinski definition) is 12. The number of para-hydroxylation sites is 1. The molecule has 0 saturated carbocycles. The number of urea groups is 2. The van der Waals surface area contributed by atoms with E-state index in [0.717, 1.165) is 34.1 Å². The van der Waals surface area contributed by atoms with Crippen molar-refractivity contribution in [2.24, 2.45) is 11.8 Å². The molecule has 18 atom stereocenters. The fraction of sp³-hybridized carbons (Fsp3) is 0.538. The quantitative estimate of drug-likeness (QED) is 0.0429. The maximum absolute atomic E-state index is 14.9. The van der Waals surface area contributed by atoms with Crippen molar-refractivity contribution in [3.8, 4) is 0 Å². The number of amides is 14. The Bertz CT molecular complexity index is 4480. The van der Waals surface area contributed by atoms with Gasteiger partial charge < -0.3 is 101 Å². The van der Waals surface area contributed by atoms with Gasteiger partial charge in [0.1, 0.15) is 114 Å². The molecule has 12 N–H and O–H groups in total. The van der Waals surface area contributed by atoms with Crippen molar-refractivity contribution in [3.63, 3.8) is 0 Å². The summed E-state index contributed by atoms with van der Waals surface area (Å²) in [4.78, 5) is 251. The standard InChI is InChI=1S/C40H50F2N7O12P.C38H48F2N9O12P/c1-21-13-32-39(55)60-23(3)33(46-34(50)29(16-24-14-25(41)17-26(42)15-24)45-40(56)44-27-9-5-4-6-10-27)38(54)49-20-28(61-62(57,58)59)18-31(49)37(53)47-12-8-7-11-30(47)35(51)43-22(2)36(52)48(32)19-21;1-19-8-30-37(55)60-21(3)31(46-32(50)27(11-22-9-23(39)12-24(40)10-22)45-38(56)44-25-14-41-18-42-15-25)36(54)49-17-26(61-62(57,58)59)13-29(49)35(53)47-7-5-4-6-28(47)33(51)43-20(2)34(52)48(30)16-19/h4-6,9-10,14-15,17,21-23,28-33H,7-8,11-13,16,18-20H2,1-3H3,(H,43,51)(H,46,50)(H2,44,45,56)(H2,57,58,59);9-10,12,14-15,18-21,26-31H,4-8,11,13,16-17H2,1-3H3,(H,43,51)(H,46,50)(H2,44,45,56)(H2,57,58,59)/t21-,22+,23+,28-,29+,30+,31+,32+,33+;19-,20+,21+,26-,27+,28+,29+,30+,31+/m11/s1. The molecule has 124 heavy (non-hydrogen) atoms. The molecule has 0 spiro atoms. The Morgan fingerprint density at radius 1 is 0.476 bits per heavy atom. The number of ether oxygens (including phenoxy) is 2. The lowest BCUT2D eigenvalue weighted by atomic mass is 9.98. The van der Waals surface area contributed by atoms with Crippen molar-refractivity contribution in [2.75, 3.05) is 49.9 Å². The molecule has 0 radical (unpaired) electrons. The zero-order valence-electron chi connectivity index (χ0n) is 68.1. The second-order valence-corrected chi connectivity index (χ2v) is 34.6. The molecular formula is C78H98F4N16O24P2. The third-order valence-electron chi connectivity index (χ3n) is 22.5. The number of piperidine rings is 2. The van der Waals surface area contributed by atoms with Crippen LogP contribution in [0.15, 0.2) is 85.5 Å². The predicted molar refractivity (Wildman–Crippen MR) is 422 cm³/mol. The van der Waals surface area contributed by atoms with Gasteiger partial charge in [-0.2, -0.15) is 0 Å².